The van der Waals surface area contributed by atoms with E-state index in [2.05, 4.69) is 4.98 Å². The van der Waals surface area contributed by atoms with Crippen LogP contribution in [0.3, 0.4) is 0 Å². The first kappa shape index (κ1) is 27.1. The number of hydrogen-bond acceptors (Lipinski definition) is 8. The Labute approximate surface area is 215 Å². The summed E-state index contributed by atoms with van der Waals surface area (Å²) in [4.78, 5) is 27.7. The molecule has 1 aromatic heterocycles. The zero-order valence-corrected chi connectivity index (χ0v) is 21.9. The van der Waals surface area contributed by atoms with Gasteiger partial charge in [0.2, 0.25) is 0 Å². The first-order chi connectivity index (χ1) is 17.4. The molecule has 1 fully saturated rings. The van der Waals surface area contributed by atoms with Gasteiger partial charge in [-0.25, -0.2) is 13.8 Å². The number of aromatic nitrogens is 2. The van der Waals surface area contributed by atoms with Crippen molar-refractivity contribution in [1.29, 1.82) is 0 Å². The molecule has 198 valence electrons. The Bertz CT molecular complexity index is 1370. The van der Waals surface area contributed by atoms with E-state index < -0.39 is 32.0 Å². The van der Waals surface area contributed by atoms with Gasteiger partial charge in [0, 0.05) is 42.9 Å². The molecule has 0 amide bonds. The summed E-state index contributed by atoms with van der Waals surface area (Å²) in [5.74, 6) is -1.88. The lowest BCUT2D eigenvalue weighted by Gasteiger charge is -2.46. The zero-order valence-electron chi connectivity index (χ0n) is 20.2. The average Bonchev–Trinajstić information content (AvgIpc) is 2.82. The summed E-state index contributed by atoms with van der Waals surface area (Å²) in [6.07, 6.45) is 1.54. The van der Waals surface area contributed by atoms with Gasteiger partial charge in [-0.1, -0.05) is 11.8 Å². The van der Waals surface area contributed by atoms with Crippen molar-refractivity contribution < 1.29 is 37.0 Å². The molecule has 37 heavy (non-hydrogen) atoms. The lowest BCUT2D eigenvalue weighted by molar-refractivity contribution is -0.204. The second-order valence-electron chi connectivity index (χ2n) is 8.60. The Hall–Kier alpha value is -2.92. The van der Waals surface area contributed by atoms with Crippen molar-refractivity contribution >= 4 is 19.4 Å². The fourth-order valence-electron chi connectivity index (χ4n) is 4.00. The van der Waals surface area contributed by atoms with Crippen molar-refractivity contribution in [1.82, 2.24) is 9.55 Å². The first-order valence-electron chi connectivity index (χ1n) is 11.0. The van der Waals surface area contributed by atoms with Crippen LogP contribution in [-0.2, 0) is 9.09 Å². The summed E-state index contributed by atoms with van der Waals surface area (Å²) in [6, 6.07) is 11.9. The predicted octanol–water partition coefficient (Wildman–Crippen LogP) is 4.78. The fraction of sp³-hybridized carbons (Fsp3) is 0.333. The standard InChI is InChI=1S/C24H25F2N2O7PS/c1-32-17-5-7-18(8-6-17)37-21-22(29)28(11-10-27-21)16-4-9-19(20(12-16)33-2)34-15-23(35-36(3,30)31)13-24(25,26)14-23/h4-12H,13-15H2,1-3H3,(H,30,31). The van der Waals surface area contributed by atoms with Gasteiger partial charge < -0.3 is 19.1 Å². The van der Waals surface area contributed by atoms with Crippen molar-refractivity contribution in [2.45, 2.75) is 34.3 Å². The second-order valence-corrected chi connectivity index (χ2v) is 11.4. The van der Waals surface area contributed by atoms with Crippen molar-refractivity contribution in [2.24, 2.45) is 0 Å². The van der Waals surface area contributed by atoms with Gasteiger partial charge in [0.05, 0.1) is 19.9 Å². The molecule has 0 radical (unpaired) electrons. The van der Waals surface area contributed by atoms with Gasteiger partial charge in [-0.3, -0.25) is 18.5 Å². The topological polar surface area (TPSA) is 109 Å². The largest absolute Gasteiger partial charge is 0.497 e. The molecule has 3 aromatic rings. The van der Waals surface area contributed by atoms with Gasteiger partial charge in [0.1, 0.15) is 18.0 Å². The van der Waals surface area contributed by atoms with Crippen LogP contribution in [-0.4, -0.2) is 53.5 Å². The number of alkyl halides is 2. The fourth-order valence-corrected chi connectivity index (χ4v) is 5.70. The highest BCUT2D eigenvalue weighted by molar-refractivity contribution is 7.99. The van der Waals surface area contributed by atoms with Crippen LogP contribution in [0.5, 0.6) is 17.2 Å². The van der Waals surface area contributed by atoms with Gasteiger partial charge in [-0.05, 0) is 36.4 Å². The van der Waals surface area contributed by atoms with E-state index in [1.54, 1.807) is 31.4 Å². The minimum Gasteiger partial charge on any atom is -0.497 e. The lowest BCUT2D eigenvalue weighted by Crippen LogP contribution is -2.56. The minimum atomic E-state index is -4.03. The molecule has 1 saturated carbocycles. The maximum absolute atomic E-state index is 13.6. The molecular weight excluding hydrogens is 529 g/mol. The van der Waals surface area contributed by atoms with Crippen LogP contribution in [0.15, 0.2) is 69.6 Å². The third-order valence-corrected chi connectivity index (χ3v) is 7.23. The van der Waals surface area contributed by atoms with Crippen molar-refractivity contribution in [3.63, 3.8) is 0 Å². The van der Waals surface area contributed by atoms with E-state index in [4.69, 9.17) is 18.7 Å². The number of halogens is 2. The van der Waals surface area contributed by atoms with E-state index in [1.165, 1.54) is 41.9 Å². The normalized spacial score (nSPS) is 17.4. The van der Waals surface area contributed by atoms with E-state index in [1.807, 2.05) is 12.1 Å². The smallest absolute Gasteiger partial charge is 0.325 e. The van der Waals surface area contributed by atoms with E-state index >= 15 is 0 Å². The first-order valence-corrected chi connectivity index (χ1v) is 13.9. The molecule has 0 saturated heterocycles. The Balaban J connectivity index is 1.54. The summed E-state index contributed by atoms with van der Waals surface area (Å²) in [7, 11) is -1.07. The van der Waals surface area contributed by atoms with Crippen LogP contribution in [0.1, 0.15) is 12.8 Å². The van der Waals surface area contributed by atoms with Gasteiger partial charge in [0.15, 0.2) is 16.5 Å². The van der Waals surface area contributed by atoms with Crippen LogP contribution in [0.4, 0.5) is 8.78 Å². The minimum absolute atomic E-state index is 0.197. The monoisotopic (exact) mass is 554 g/mol. The number of ether oxygens (including phenoxy) is 3. The van der Waals surface area contributed by atoms with E-state index in [0.717, 1.165) is 11.6 Å². The quantitative estimate of drug-likeness (QED) is 0.354. The zero-order chi connectivity index (χ0) is 26.8. The highest BCUT2D eigenvalue weighted by atomic mass is 32.2. The molecule has 1 heterocycles. The molecule has 2 aromatic carbocycles. The van der Waals surface area contributed by atoms with Crippen LogP contribution in [0.2, 0.25) is 0 Å². The molecule has 1 N–H and O–H groups in total. The summed E-state index contributed by atoms with van der Waals surface area (Å²) in [5.41, 5.74) is -1.49. The summed E-state index contributed by atoms with van der Waals surface area (Å²) in [5, 5.41) is 0.255. The predicted molar refractivity (Wildman–Crippen MR) is 133 cm³/mol. The Morgan fingerprint density at radius 2 is 1.81 bits per heavy atom. The highest BCUT2D eigenvalue weighted by Crippen LogP contribution is 2.55. The molecule has 1 atom stereocenters. The molecule has 4 rings (SSSR count). The average molecular weight is 555 g/mol. The van der Waals surface area contributed by atoms with Gasteiger partial charge in [-0.2, -0.15) is 0 Å². The molecular formula is C24H25F2N2O7PS. The lowest BCUT2D eigenvalue weighted by atomic mass is 9.77. The van der Waals surface area contributed by atoms with Crippen LogP contribution < -0.4 is 19.8 Å². The molecule has 13 heteroatoms. The van der Waals surface area contributed by atoms with Gasteiger partial charge in [0.25, 0.3) is 11.5 Å². The number of rotatable bonds is 10. The maximum atomic E-state index is 13.6. The van der Waals surface area contributed by atoms with E-state index in [-0.39, 0.29) is 28.7 Å². The molecule has 0 aliphatic heterocycles. The summed E-state index contributed by atoms with van der Waals surface area (Å²) in [6.45, 7) is 0.558. The summed E-state index contributed by atoms with van der Waals surface area (Å²) >= 11 is 1.20. The SMILES string of the molecule is COc1ccc(Sc2nccn(-c3ccc(OCC4(OP(C)(=O)O)CC(F)(F)C4)c(OC)c3)c2=O)cc1. The number of methoxy groups -OCH3 is 2. The van der Waals surface area contributed by atoms with Gasteiger partial charge in [-0.15, -0.1) is 0 Å². The molecule has 1 aliphatic rings. The molecule has 9 nitrogen and oxygen atoms in total. The highest BCUT2D eigenvalue weighted by Gasteiger charge is 2.60. The Morgan fingerprint density at radius 3 is 2.41 bits per heavy atom. The van der Waals surface area contributed by atoms with Crippen LogP contribution in [0, 0.1) is 0 Å². The van der Waals surface area contributed by atoms with Crippen molar-refractivity contribution in [2.75, 3.05) is 27.5 Å². The Kier molecular flexibility index (Phi) is 7.66. The number of hydrogen-bond donors (Lipinski definition) is 1. The van der Waals surface area contributed by atoms with Crippen LogP contribution >= 0.6 is 19.4 Å². The van der Waals surface area contributed by atoms with Crippen LogP contribution in [0.25, 0.3) is 5.69 Å². The molecule has 0 bridgehead atoms. The van der Waals surface area contributed by atoms with E-state index in [9.17, 15) is 23.0 Å². The Morgan fingerprint density at radius 1 is 1.11 bits per heavy atom. The third kappa shape index (κ3) is 6.51. The molecule has 1 unspecified atom stereocenters. The maximum Gasteiger partial charge on any atom is 0.325 e. The van der Waals surface area contributed by atoms with Crippen molar-refractivity contribution in [3.8, 4) is 22.9 Å². The molecule has 1 aliphatic carbocycles. The molecule has 0 spiro atoms. The van der Waals surface area contributed by atoms with Gasteiger partial charge >= 0.3 is 7.60 Å². The third-order valence-electron chi connectivity index (χ3n) is 5.52. The van der Waals surface area contributed by atoms with E-state index in [0.29, 0.717) is 11.4 Å². The number of benzene rings is 2. The van der Waals surface area contributed by atoms with Crippen molar-refractivity contribution in [3.05, 3.63) is 65.2 Å². The number of nitrogens with zero attached hydrogens (tertiary/aromatic N) is 2. The summed E-state index contributed by atoms with van der Waals surface area (Å²) < 4.78 is 61.6. The second kappa shape index (κ2) is 10.4.